The molecule has 0 amide bonds. The first-order valence-corrected chi connectivity index (χ1v) is 6.57. The molecule has 0 aliphatic carbocycles. The SMILES string of the molecule is COc1ccc(C2(OC)CCN(C)CC2)cc1Cl. The summed E-state index contributed by atoms with van der Waals surface area (Å²) < 4.78 is 11.0. The molecule has 0 saturated carbocycles. The van der Waals surface area contributed by atoms with Crippen molar-refractivity contribution in [3.8, 4) is 5.75 Å². The largest absolute Gasteiger partial charge is 0.495 e. The summed E-state index contributed by atoms with van der Waals surface area (Å²) >= 11 is 6.21. The quantitative estimate of drug-likeness (QED) is 0.842. The molecule has 0 spiro atoms. The lowest BCUT2D eigenvalue weighted by Gasteiger charge is -2.40. The number of hydrogen-bond acceptors (Lipinski definition) is 3. The van der Waals surface area contributed by atoms with Gasteiger partial charge >= 0.3 is 0 Å². The van der Waals surface area contributed by atoms with Crippen LogP contribution in [0.25, 0.3) is 0 Å². The Morgan fingerprint density at radius 1 is 1.22 bits per heavy atom. The van der Waals surface area contributed by atoms with Crippen LogP contribution < -0.4 is 4.74 Å². The molecule has 1 aromatic rings. The van der Waals surface area contributed by atoms with Crippen LogP contribution in [-0.2, 0) is 10.3 Å². The minimum absolute atomic E-state index is 0.206. The Morgan fingerprint density at radius 2 is 1.89 bits per heavy atom. The molecule has 1 heterocycles. The molecule has 4 heteroatoms. The Labute approximate surface area is 114 Å². The third-order valence-corrected chi connectivity index (χ3v) is 4.16. The standard InChI is InChI=1S/C14H20ClNO2/c1-16-8-6-14(18-3,7-9-16)11-4-5-13(17-2)12(15)10-11/h4-5,10H,6-9H2,1-3H3. The fourth-order valence-corrected chi connectivity index (χ4v) is 2.80. The van der Waals surface area contributed by atoms with Gasteiger partial charge in [0.2, 0.25) is 0 Å². The van der Waals surface area contributed by atoms with E-state index in [0.717, 1.165) is 31.5 Å². The molecule has 0 atom stereocenters. The van der Waals surface area contributed by atoms with Crippen molar-refractivity contribution in [1.29, 1.82) is 0 Å². The summed E-state index contributed by atoms with van der Waals surface area (Å²) in [5.74, 6) is 0.708. The molecular formula is C14H20ClNO2. The zero-order valence-electron chi connectivity index (χ0n) is 11.2. The van der Waals surface area contributed by atoms with E-state index in [9.17, 15) is 0 Å². The second-order valence-electron chi connectivity index (χ2n) is 4.85. The first-order chi connectivity index (χ1) is 8.61. The maximum atomic E-state index is 6.21. The highest BCUT2D eigenvalue weighted by atomic mass is 35.5. The third kappa shape index (κ3) is 2.48. The number of methoxy groups -OCH3 is 2. The summed E-state index contributed by atoms with van der Waals surface area (Å²) in [5.41, 5.74) is 0.937. The van der Waals surface area contributed by atoms with Crippen molar-refractivity contribution in [3.05, 3.63) is 28.8 Å². The van der Waals surface area contributed by atoms with Crippen LogP contribution in [0.4, 0.5) is 0 Å². The Hall–Kier alpha value is -0.770. The molecule has 100 valence electrons. The summed E-state index contributed by atoms with van der Waals surface area (Å²) in [5, 5.41) is 0.644. The van der Waals surface area contributed by atoms with E-state index in [1.807, 2.05) is 12.1 Å². The molecule has 2 rings (SSSR count). The Balaban J connectivity index is 2.30. The van der Waals surface area contributed by atoms with Gasteiger partial charge in [-0.15, -0.1) is 0 Å². The Morgan fingerprint density at radius 3 is 2.39 bits per heavy atom. The number of ether oxygens (including phenoxy) is 2. The van der Waals surface area contributed by atoms with Crippen molar-refractivity contribution in [1.82, 2.24) is 4.90 Å². The third-order valence-electron chi connectivity index (χ3n) is 3.86. The lowest BCUT2D eigenvalue weighted by atomic mass is 9.84. The molecule has 0 radical (unpaired) electrons. The topological polar surface area (TPSA) is 21.7 Å². The molecule has 1 aromatic carbocycles. The van der Waals surface area contributed by atoms with Gasteiger partial charge in [0.05, 0.1) is 17.7 Å². The van der Waals surface area contributed by atoms with Crippen LogP contribution in [0.3, 0.4) is 0 Å². The molecule has 1 fully saturated rings. The van der Waals surface area contributed by atoms with Gasteiger partial charge in [-0.1, -0.05) is 17.7 Å². The lowest BCUT2D eigenvalue weighted by molar-refractivity contribution is -0.0585. The van der Waals surface area contributed by atoms with Gasteiger partial charge in [-0.2, -0.15) is 0 Å². The first kappa shape index (κ1) is 13.7. The molecule has 18 heavy (non-hydrogen) atoms. The van der Waals surface area contributed by atoms with Crippen molar-refractivity contribution >= 4 is 11.6 Å². The van der Waals surface area contributed by atoms with E-state index in [0.29, 0.717) is 10.8 Å². The van der Waals surface area contributed by atoms with Crippen LogP contribution in [0.5, 0.6) is 5.75 Å². The minimum atomic E-state index is -0.206. The van der Waals surface area contributed by atoms with Crippen molar-refractivity contribution in [3.63, 3.8) is 0 Å². The maximum absolute atomic E-state index is 6.21. The van der Waals surface area contributed by atoms with Gasteiger partial charge in [-0.05, 0) is 37.6 Å². The minimum Gasteiger partial charge on any atom is -0.495 e. The van der Waals surface area contributed by atoms with Crippen molar-refractivity contribution < 1.29 is 9.47 Å². The predicted octanol–water partition coefficient (Wildman–Crippen LogP) is 2.92. The number of piperidine rings is 1. The maximum Gasteiger partial charge on any atom is 0.137 e. The molecule has 1 aliphatic heterocycles. The zero-order chi connectivity index (χ0) is 13.2. The molecule has 1 saturated heterocycles. The number of benzene rings is 1. The number of hydrogen-bond donors (Lipinski definition) is 0. The van der Waals surface area contributed by atoms with E-state index in [1.54, 1.807) is 14.2 Å². The van der Waals surface area contributed by atoms with Gasteiger partial charge < -0.3 is 14.4 Å². The molecule has 0 unspecified atom stereocenters. The number of rotatable bonds is 3. The summed E-state index contributed by atoms with van der Waals surface area (Å²) in [6.45, 7) is 2.08. The average molecular weight is 270 g/mol. The van der Waals surface area contributed by atoms with Gasteiger partial charge in [-0.25, -0.2) is 0 Å². The number of nitrogens with zero attached hydrogens (tertiary/aromatic N) is 1. The predicted molar refractivity (Wildman–Crippen MR) is 73.4 cm³/mol. The van der Waals surface area contributed by atoms with Crippen molar-refractivity contribution in [2.45, 2.75) is 18.4 Å². The van der Waals surface area contributed by atoms with E-state index in [2.05, 4.69) is 18.0 Å². The Bertz CT molecular complexity index is 414. The molecule has 0 aromatic heterocycles. The second-order valence-corrected chi connectivity index (χ2v) is 5.26. The van der Waals surface area contributed by atoms with Crippen LogP contribution in [-0.4, -0.2) is 39.3 Å². The van der Waals surface area contributed by atoms with Gasteiger partial charge in [0.1, 0.15) is 5.75 Å². The van der Waals surface area contributed by atoms with Crippen LogP contribution in [0, 0.1) is 0 Å². The Kier molecular flexibility index (Phi) is 4.15. The number of likely N-dealkylation sites (tertiary alicyclic amines) is 1. The fourth-order valence-electron chi connectivity index (χ4n) is 2.54. The van der Waals surface area contributed by atoms with Gasteiger partial charge in [0, 0.05) is 20.2 Å². The van der Waals surface area contributed by atoms with Crippen LogP contribution in [0.2, 0.25) is 5.02 Å². The molecule has 3 nitrogen and oxygen atoms in total. The fraction of sp³-hybridized carbons (Fsp3) is 0.571. The summed E-state index contributed by atoms with van der Waals surface area (Å²) in [4.78, 5) is 2.32. The highest BCUT2D eigenvalue weighted by Crippen LogP contribution is 2.38. The second kappa shape index (κ2) is 5.47. The van der Waals surface area contributed by atoms with Crippen LogP contribution >= 0.6 is 11.6 Å². The van der Waals surface area contributed by atoms with Crippen LogP contribution in [0.1, 0.15) is 18.4 Å². The molecule has 0 N–H and O–H groups in total. The highest BCUT2D eigenvalue weighted by molar-refractivity contribution is 6.32. The lowest BCUT2D eigenvalue weighted by Crippen LogP contribution is -2.42. The van der Waals surface area contributed by atoms with E-state index in [1.165, 1.54) is 0 Å². The molecular weight excluding hydrogens is 250 g/mol. The molecule has 0 bridgehead atoms. The summed E-state index contributed by atoms with van der Waals surface area (Å²) in [7, 11) is 5.55. The zero-order valence-corrected chi connectivity index (χ0v) is 12.0. The van der Waals surface area contributed by atoms with Crippen molar-refractivity contribution in [2.75, 3.05) is 34.4 Å². The first-order valence-electron chi connectivity index (χ1n) is 6.19. The monoisotopic (exact) mass is 269 g/mol. The smallest absolute Gasteiger partial charge is 0.137 e. The van der Waals surface area contributed by atoms with E-state index in [-0.39, 0.29) is 5.60 Å². The highest BCUT2D eigenvalue weighted by Gasteiger charge is 2.35. The summed E-state index contributed by atoms with van der Waals surface area (Å²) in [6.07, 6.45) is 1.98. The summed E-state index contributed by atoms with van der Waals surface area (Å²) in [6, 6.07) is 5.94. The van der Waals surface area contributed by atoms with Gasteiger partial charge in [0.15, 0.2) is 0 Å². The van der Waals surface area contributed by atoms with E-state index >= 15 is 0 Å². The van der Waals surface area contributed by atoms with Crippen molar-refractivity contribution in [2.24, 2.45) is 0 Å². The van der Waals surface area contributed by atoms with Gasteiger partial charge in [0.25, 0.3) is 0 Å². The average Bonchev–Trinajstić information content (AvgIpc) is 2.40. The van der Waals surface area contributed by atoms with Crippen LogP contribution in [0.15, 0.2) is 18.2 Å². The number of halogens is 1. The van der Waals surface area contributed by atoms with E-state index < -0.39 is 0 Å². The molecule has 1 aliphatic rings. The van der Waals surface area contributed by atoms with Gasteiger partial charge in [-0.3, -0.25) is 0 Å². The normalized spacial score (nSPS) is 19.8. The van der Waals surface area contributed by atoms with E-state index in [4.69, 9.17) is 21.1 Å².